The van der Waals surface area contributed by atoms with Crippen LogP contribution in [0, 0.1) is 11.8 Å². The molecule has 3 atom stereocenters. The van der Waals surface area contributed by atoms with Gasteiger partial charge in [0.2, 0.25) is 0 Å². The summed E-state index contributed by atoms with van der Waals surface area (Å²) in [5, 5.41) is 0. The average Bonchev–Trinajstić information content (AvgIpc) is 2.51. The molecule has 1 saturated carbocycles. The average molecular weight is 252 g/mol. The van der Waals surface area contributed by atoms with Gasteiger partial charge in [-0.2, -0.15) is 0 Å². The van der Waals surface area contributed by atoms with Gasteiger partial charge in [0.1, 0.15) is 0 Å². The highest BCUT2D eigenvalue weighted by molar-refractivity contribution is 4.93. The smallest absolute Gasteiger partial charge is 0.0659 e. The minimum atomic E-state index is 0.107. The summed E-state index contributed by atoms with van der Waals surface area (Å²) in [6.07, 6.45) is 14.7. The Morgan fingerprint density at radius 3 is 1.89 bits per heavy atom. The van der Waals surface area contributed by atoms with Crippen molar-refractivity contribution >= 4 is 0 Å². The molecule has 0 radical (unpaired) electrons. The van der Waals surface area contributed by atoms with Crippen LogP contribution in [-0.4, -0.2) is 11.7 Å². The first kappa shape index (κ1) is 14.4. The molecule has 1 saturated heterocycles. The summed E-state index contributed by atoms with van der Waals surface area (Å²) in [7, 11) is 0. The van der Waals surface area contributed by atoms with E-state index in [4.69, 9.17) is 4.74 Å². The van der Waals surface area contributed by atoms with Crippen LogP contribution in [0.1, 0.15) is 85.0 Å². The van der Waals surface area contributed by atoms with Gasteiger partial charge in [0, 0.05) is 0 Å². The van der Waals surface area contributed by atoms with Crippen molar-refractivity contribution in [1.82, 2.24) is 0 Å². The molecule has 106 valence electrons. The Kier molecular flexibility index (Phi) is 5.12. The van der Waals surface area contributed by atoms with Crippen molar-refractivity contribution in [2.75, 3.05) is 0 Å². The maximum absolute atomic E-state index is 6.37. The Morgan fingerprint density at radius 1 is 0.778 bits per heavy atom. The molecule has 2 aliphatic rings. The highest BCUT2D eigenvalue weighted by Gasteiger charge is 2.45. The van der Waals surface area contributed by atoms with E-state index in [9.17, 15) is 0 Å². The number of hydrogen-bond donors (Lipinski definition) is 0. The minimum absolute atomic E-state index is 0.107. The highest BCUT2D eigenvalue weighted by Crippen LogP contribution is 2.44. The number of rotatable bonds is 0. The van der Waals surface area contributed by atoms with Gasteiger partial charge in [-0.05, 0) is 38.5 Å². The Morgan fingerprint density at radius 2 is 1.28 bits per heavy atom. The fourth-order valence-corrected chi connectivity index (χ4v) is 3.92. The molecule has 18 heavy (non-hydrogen) atoms. The molecule has 0 aromatic heterocycles. The summed E-state index contributed by atoms with van der Waals surface area (Å²) in [5.74, 6) is 1.55. The van der Waals surface area contributed by atoms with E-state index in [0.717, 1.165) is 11.8 Å². The molecule has 2 rings (SSSR count). The lowest BCUT2D eigenvalue weighted by Crippen LogP contribution is -2.27. The molecular formula is C17H32O. The minimum Gasteiger partial charge on any atom is -0.372 e. The molecule has 2 fully saturated rings. The van der Waals surface area contributed by atoms with Crippen molar-refractivity contribution in [3.8, 4) is 0 Å². The van der Waals surface area contributed by atoms with Gasteiger partial charge >= 0.3 is 0 Å². The molecule has 0 amide bonds. The van der Waals surface area contributed by atoms with Crippen molar-refractivity contribution in [3.05, 3.63) is 0 Å². The summed E-state index contributed by atoms with van der Waals surface area (Å²) in [5.41, 5.74) is 0.107. The van der Waals surface area contributed by atoms with Crippen molar-refractivity contribution in [3.63, 3.8) is 0 Å². The van der Waals surface area contributed by atoms with Crippen molar-refractivity contribution in [1.29, 1.82) is 0 Å². The molecule has 1 heterocycles. The summed E-state index contributed by atoms with van der Waals surface area (Å²) in [6.45, 7) is 7.00. The van der Waals surface area contributed by atoms with Gasteiger partial charge in [0.25, 0.3) is 0 Å². The van der Waals surface area contributed by atoms with Crippen molar-refractivity contribution in [2.45, 2.75) is 96.7 Å². The fourth-order valence-electron chi connectivity index (χ4n) is 3.92. The Hall–Kier alpha value is -0.0400. The third-order valence-corrected chi connectivity index (χ3v) is 5.45. The second kappa shape index (κ2) is 6.41. The monoisotopic (exact) mass is 252 g/mol. The van der Waals surface area contributed by atoms with E-state index in [-0.39, 0.29) is 5.60 Å². The highest BCUT2D eigenvalue weighted by atomic mass is 16.5. The lowest BCUT2D eigenvalue weighted by atomic mass is 9.78. The predicted octanol–water partition coefficient (Wildman–Crippen LogP) is 5.33. The zero-order valence-corrected chi connectivity index (χ0v) is 12.7. The third-order valence-electron chi connectivity index (χ3n) is 5.45. The molecule has 0 aromatic rings. The normalized spacial score (nSPS) is 38.5. The van der Waals surface area contributed by atoms with Gasteiger partial charge in [-0.25, -0.2) is 0 Å². The molecule has 0 spiro atoms. The molecule has 0 aromatic carbocycles. The van der Waals surface area contributed by atoms with Gasteiger partial charge < -0.3 is 4.74 Å². The van der Waals surface area contributed by atoms with E-state index < -0.39 is 0 Å². The van der Waals surface area contributed by atoms with E-state index in [1.54, 1.807) is 0 Å². The predicted molar refractivity (Wildman–Crippen MR) is 77.8 cm³/mol. The van der Waals surface area contributed by atoms with E-state index >= 15 is 0 Å². The van der Waals surface area contributed by atoms with Crippen molar-refractivity contribution in [2.24, 2.45) is 11.8 Å². The van der Waals surface area contributed by atoms with Crippen LogP contribution < -0.4 is 0 Å². The van der Waals surface area contributed by atoms with Gasteiger partial charge in [0.15, 0.2) is 0 Å². The third kappa shape index (κ3) is 3.50. The molecule has 0 bridgehead atoms. The molecule has 1 aliphatic carbocycles. The van der Waals surface area contributed by atoms with Crippen LogP contribution in [0.2, 0.25) is 0 Å². The van der Waals surface area contributed by atoms with Gasteiger partial charge in [-0.3, -0.25) is 0 Å². The van der Waals surface area contributed by atoms with Crippen LogP contribution >= 0.6 is 0 Å². The molecule has 3 unspecified atom stereocenters. The lowest BCUT2D eigenvalue weighted by molar-refractivity contribution is -0.0352. The number of ether oxygens (including phenoxy) is 1. The first-order valence-electron chi connectivity index (χ1n) is 8.29. The van der Waals surface area contributed by atoms with E-state index in [1.807, 2.05) is 0 Å². The van der Waals surface area contributed by atoms with Gasteiger partial charge in [-0.15, -0.1) is 0 Å². The molecule has 1 heteroatoms. The van der Waals surface area contributed by atoms with Crippen LogP contribution in [0.5, 0.6) is 0 Å². The van der Waals surface area contributed by atoms with Gasteiger partial charge in [-0.1, -0.05) is 58.3 Å². The second-order valence-corrected chi connectivity index (χ2v) is 7.12. The topological polar surface area (TPSA) is 9.23 Å². The van der Waals surface area contributed by atoms with Crippen LogP contribution in [-0.2, 0) is 4.74 Å². The molecule has 1 aliphatic heterocycles. The first-order chi connectivity index (χ1) is 8.61. The van der Waals surface area contributed by atoms with E-state index in [2.05, 4.69) is 20.8 Å². The molecular weight excluding hydrogens is 220 g/mol. The Bertz CT molecular complexity index is 246. The number of fused-ring (bicyclic) bond motifs is 1. The van der Waals surface area contributed by atoms with Crippen LogP contribution in [0.3, 0.4) is 0 Å². The SMILES string of the molecule is CC1C2CCCCCCCCCCC2OC1(C)C. The quantitative estimate of drug-likeness (QED) is 0.566. The zero-order valence-electron chi connectivity index (χ0n) is 12.7. The van der Waals surface area contributed by atoms with Crippen LogP contribution in [0.4, 0.5) is 0 Å². The maximum Gasteiger partial charge on any atom is 0.0659 e. The van der Waals surface area contributed by atoms with Gasteiger partial charge in [0.05, 0.1) is 11.7 Å². The summed E-state index contributed by atoms with van der Waals surface area (Å²) in [4.78, 5) is 0. The lowest BCUT2D eigenvalue weighted by Gasteiger charge is -2.24. The molecule has 1 nitrogen and oxygen atoms in total. The largest absolute Gasteiger partial charge is 0.372 e. The van der Waals surface area contributed by atoms with Crippen molar-refractivity contribution < 1.29 is 4.74 Å². The first-order valence-corrected chi connectivity index (χ1v) is 8.29. The Balaban J connectivity index is 1.95. The maximum atomic E-state index is 6.37. The summed E-state index contributed by atoms with van der Waals surface area (Å²) in [6, 6.07) is 0. The fraction of sp³-hybridized carbons (Fsp3) is 1.00. The van der Waals surface area contributed by atoms with E-state index in [0.29, 0.717) is 6.10 Å². The Labute approximate surface area is 114 Å². The zero-order chi connectivity index (χ0) is 13.0. The summed E-state index contributed by atoms with van der Waals surface area (Å²) < 4.78 is 6.37. The number of hydrogen-bond acceptors (Lipinski definition) is 1. The standard InChI is InChI=1S/C17H32O/c1-14-15-12-10-8-6-4-5-7-9-11-13-16(15)18-17(14,2)3/h14-16H,4-13H2,1-3H3. The van der Waals surface area contributed by atoms with E-state index in [1.165, 1.54) is 64.2 Å². The summed E-state index contributed by atoms with van der Waals surface area (Å²) >= 11 is 0. The van der Waals surface area contributed by atoms with Crippen LogP contribution in [0.25, 0.3) is 0 Å². The molecule has 0 N–H and O–H groups in total. The van der Waals surface area contributed by atoms with Crippen LogP contribution in [0.15, 0.2) is 0 Å². The second-order valence-electron chi connectivity index (χ2n) is 7.12.